The third kappa shape index (κ3) is 7.43. The number of benzene rings is 13. The lowest BCUT2D eigenvalue weighted by Gasteiger charge is -2.45. The maximum Gasteiger partial charge on any atom is 0.252 e. The van der Waals surface area contributed by atoms with Crippen LogP contribution in [0.3, 0.4) is 0 Å². The highest BCUT2D eigenvalue weighted by Crippen LogP contribution is 2.50. The van der Waals surface area contributed by atoms with Gasteiger partial charge in [0.05, 0.1) is 22.1 Å². The van der Waals surface area contributed by atoms with Crippen molar-refractivity contribution in [2.75, 3.05) is 9.80 Å². The van der Waals surface area contributed by atoms with Gasteiger partial charge in [-0.25, -0.2) is 0 Å². The quantitative estimate of drug-likeness (QED) is 0.141. The Morgan fingerprint density at radius 2 is 0.716 bits per heavy atom. The molecule has 6 nitrogen and oxygen atoms in total. The first-order valence-electron chi connectivity index (χ1n) is 30.0. The minimum atomic E-state index is -0.122. The lowest BCUT2D eigenvalue weighted by atomic mass is 9.31. The van der Waals surface area contributed by atoms with E-state index >= 15 is 0 Å². The molecule has 13 aromatic carbocycles. The van der Waals surface area contributed by atoms with Crippen molar-refractivity contribution < 1.29 is 9.47 Å². The molecule has 4 aliphatic heterocycles. The van der Waals surface area contributed by atoms with Crippen LogP contribution in [0.4, 0.5) is 34.1 Å². The van der Waals surface area contributed by atoms with E-state index < -0.39 is 0 Å². The molecule has 0 atom stereocenters. The van der Waals surface area contributed by atoms with Crippen molar-refractivity contribution in [2.45, 2.75) is 19.6 Å². The van der Waals surface area contributed by atoms with Crippen LogP contribution in [-0.4, -0.2) is 22.6 Å². The smallest absolute Gasteiger partial charge is 0.252 e. The largest absolute Gasteiger partial charge is 0.455 e. The number of aromatic nitrogens is 2. The van der Waals surface area contributed by atoms with Crippen LogP contribution in [0, 0.1) is 0 Å². The summed E-state index contributed by atoms with van der Waals surface area (Å²) in [5, 5.41) is 4.65. The second kappa shape index (κ2) is 19.5. The normalized spacial score (nSPS) is 13.3. The average Bonchev–Trinajstić information content (AvgIpc) is 1.02. The Bertz CT molecular complexity index is 5390. The number of hydrogen-bond acceptors (Lipinski definition) is 6. The first-order chi connectivity index (χ1) is 43.7. The first-order valence-corrected chi connectivity index (χ1v) is 31.6. The maximum absolute atomic E-state index is 7.53. The van der Waals surface area contributed by atoms with Gasteiger partial charge in [-0.1, -0.05) is 210 Å². The SMILES string of the molecule is c1ccc(N2c3ccccc3B3c4cc5c(cc4N(c4ccccc4)c4cc(Oc6cccc7c8ccccc8n(-c8ccccc8)c67)cc2c43)Sc2cc(Oc3cccc4c6ccccc6n(-c6ccccc6)c34)cc3c2B5c2ccccc2S3)cc1. The molecule has 88 heavy (non-hydrogen) atoms. The molecule has 10 heteroatoms. The van der Waals surface area contributed by atoms with E-state index in [4.69, 9.17) is 9.47 Å². The van der Waals surface area contributed by atoms with Crippen molar-refractivity contribution >= 4 is 147 Å². The zero-order chi connectivity index (χ0) is 57.6. The molecule has 4 aliphatic rings. The zero-order valence-electron chi connectivity index (χ0n) is 47.3. The van der Waals surface area contributed by atoms with Gasteiger partial charge in [-0.2, -0.15) is 0 Å². The van der Waals surface area contributed by atoms with Crippen LogP contribution in [0.1, 0.15) is 0 Å². The highest BCUT2D eigenvalue weighted by Gasteiger charge is 2.47. The van der Waals surface area contributed by atoms with Gasteiger partial charge in [0, 0.05) is 98.8 Å². The summed E-state index contributed by atoms with van der Waals surface area (Å²) in [7, 11) is 0. The van der Waals surface area contributed by atoms with Crippen LogP contribution in [0.2, 0.25) is 0 Å². The predicted octanol–water partition coefficient (Wildman–Crippen LogP) is 17.0. The maximum atomic E-state index is 7.53. The van der Waals surface area contributed by atoms with Gasteiger partial charge in [-0.3, -0.25) is 0 Å². The van der Waals surface area contributed by atoms with Crippen molar-refractivity contribution in [3.63, 3.8) is 0 Å². The molecule has 0 aliphatic carbocycles. The molecule has 6 heterocycles. The molecule has 0 bridgehead atoms. The fraction of sp³-hybridized carbons (Fsp3) is 0. The minimum absolute atomic E-state index is 0.0160. The topological polar surface area (TPSA) is 34.8 Å². The van der Waals surface area contributed by atoms with Crippen LogP contribution in [0.25, 0.3) is 55.0 Å². The Balaban J connectivity index is 0.821. The van der Waals surface area contributed by atoms with Gasteiger partial charge in [0.25, 0.3) is 6.71 Å². The number of anilines is 6. The molecule has 0 saturated carbocycles. The summed E-state index contributed by atoms with van der Waals surface area (Å²) in [4.78, 5) is 9.87. The van der Waals surface area contributed by atoms with Crippen LogP contribution >= 0.6 is 23.5 Å². The number of ether oxygens (including phenoxy) is 2. The number of rotatable bonds is 8. The third-order valence-corrected chi connectivity index (χ3v) is 20.5. The van der Waals surface area contributed by atoms with Gasteiger partial charge in [0.2, 0.25) is 6.71 Å². The van der Waals surface area contributed by atoms with Crippen molar-refractivity contribution in [3.05, 3.63) is 291 Å². The van der Waals surface area contributed by atoms with Gasteiger partial charge in [0.1, 0.15) is 11.5 Å². The van der Waals surface area contributed by atoms with Crippen molar-refractivity contribution in [3.8, 4) is 34.4 Å². The zero-order valence-corrected chi connectivity index (χ0v) is 48.9. The summed E-state index contributed by atoms with van der Waals surface area (Å²) in [6.45, 7) is -0.138. The van der Waals surface area contributed by atoms with Crippen molar-refractivity contribution in [1.82, 2.24) is 9.13 Å². The Hall–Kier alpha value is -10.5. The van der Waals surface area contributed by atoms with Gasteiger partial charge >= 0.3 is 0 Å². The Kier molecular flexibility index (Phi) is 11.0. The van der Waals surface area contributed by atoms with Crippen LogP contribution in [0.15, 0.2) is 311 Å². The molecule has 0 radical (unpaired) electrons. The molecular formula is C78H48B2N4O2S2. The number of para-hydroxylation sites is 9. The average molecular weight is 1160 g/mol. The minimum Gasteiger partial charge on any atom is -0.455 e. The summed E-state index contributed by atoms with van der Waals surface area (Å²) in [5.74, 6) is 3.14. The molecule has 0 fully saturated rings. The fourth-order valence-corrected chi connectivity index (χ4v) is 17.2. The van der Waals surface area contributed by atoms with E-state index in [1.807, 2.05) is 23.5 Å². The van der Waals surface area contributed by atoms with Crippen molar-refractivity contribution in [2.24, 2.45) is 0 Å². The standard InChI is InChI=1S/C78H48B2N4O2S2/c1-5-23-49(24-6-1)81-65-39-19-15-35-59(65)79-61-47-62-72(88-74-46-54(45-73-76(74)80(62)60-36-16-20-42-71(60)87-73)86-70-41-22-34-58-56-32-14-18-38-64(56)84(78(58)70)52-29-11-4-12-30-52)48-66(61)82(50-25-7-2-8-26-50)68-44-53(43-67(81)75(68)79)85-69-40-21-33-57-55-31-13-17-37-63(55)83(77(57)69)51-27-9-3-10-28-51/h1-48H. The summed E-state index contributed by atoms with van der Waals surface area (Å²) in [6, 6.07) is 106. The predicted molar refractivity (Wildman–Crippen MR) is 368 cm³/mol. The van der Waals surface area contributed by atoms with Crippen molar-refractivity contribution in [1.29, 1.82) is 0 Å². The molecule has 0 amide bonds. The number of nitrogens with zero attached hydrogens (tertiary/aromatic N) is 4. The third-order valence-electron chi connectivity index (χ3n) is 18.3. The summed E-state index contributed by atoms with van der Waals surface area (Å²) in [6.07, 6.45) is 0. The molecule has 2 aromatic heterocycles. The van der Waals surface area contributed by atoms with E-state index in [0.29, 0.717) is 0 Å². The molecule has 19 rings (SSSR count). The van der Waals surface area contributed by atoms with Crippen LogP contribution in [-0.2, 0) is 0 Å². The summed E-state index contributed by atoms with van der Waals surface area (Å²) >= 11 is 3.72. The monoisotopic (exact) mass is 1160 g/mol. The van der Waals surface area contributed by atoms with Gasteiger partial charge < -0.3 is 28.4 Å². The molecular weight excluding hydrogens is 1110 g/mol. The Morgan fingerprint density at radius 1 is 0.273 bits per heavy atom. The van der Waals surface area contributed by atoms with Gasteiger partial charge in [0.15, 0.2) is 11.5 Å². The highest BCUT2D eigenvalue weighted by atomic mass is 32.2. The van der Waals surface area contributed by atoms with E-state index in [-0.39, 0.29) is 13.4 Å². The summed E-state index contributed by atoms with van der Waals surface area (Å²) < 4.78 is 19.5. The van der Waals surface area contributed by atoms with Crippen LogP contribution in [0.5, 0.6) is 23.0 Å². The van der Waals surface area contributed by atoms with E-state index in [0.717, 1.165) is 101 Å². The van der Waals surface area contributed by atoms with E-state index in [1.165, 1.54) is 63.1 Å². The lowest BCUT2D eigenvalue weighted by molar-refractivity contribution is 0.484. The Morgan fingerprint density at radius 3 is 1.30 bits per heavy atom. The second-order valence-corrected chi connectivity index (χ2v) is 25.2. The highest BCUT2D eigenvalue weighted by molar-refractivity contribution is 8.01. The molecule has 0 N–H and O–H groups in total. The van der Waals surface area contributed by atoms with E-state index in [1.54, 1.807) is 0 Å². The number of hydrogen-bond donors (Lipinski definition) is 0. The van der Waals surface area contributed by atoms with Crippen LogP contribution < -0.4 is 52.1 Å². The fourth-order valence-electron chi connectivity index (χ4n) is 14.7. The van der Waals surface area contributed by atoms with E-state index in [2.05, 4.69) is 310 Å². The van der Waals surface area contributed by atoms with Gasteiger partial charge in [-0.05, 0) is 125 Å². The molecule has 410 valence electrons. The molecule has 0 saturated heterocycles. The Labute approximate surface area is 517 Å². The summed E-state index contributed by atoms with van der Waals surface area (Å²) in [5.41, 5.74) is 20.8. The lowest BCUT2D eigenvalue weighted by Crippen LogP contribution is -2.64. The molecule has 0 unspecified atom stereocenters. The second-order valence-electron chi connectivity index (χ2n) is 23.1. The number of fused-ring (bicyclic) bond motifs is 14. The first kappa shape index (κ1) is 49.7. The molecule has 15 aromatic rings. The van der Waals surface area contributed by atoms with E-state index in [9.17, 15) is 0 Å². The van der Waals surface area contributed by atoms with Gasteiger partial charge in [-0.15, -0.1) is 0 Å². The molecule has 0 spiro atoms.